The lowest BCUT2D eigenvalue weighted by Gasteiger charge is -2.37. The average Bonchev–Trinajstić information content (AvgIpc) is 3.06. The van der Waals surface area contributed by atoms with Crippen LogP contribution in [0.5, 0.6) is 0 Å². The number of hydrogen-bond donors (Lipinski definition) is 2. The fourth-order valence-corrected chi connectivity index (χ4v) is 3.87. The molecule has 2 amide bonds. The van der Waals surface area contributed by atoms with Gasteiger partial charge < -0.3 is 20.1 Å². The largest absolute Gasteiger partial charge is 0.361 e. The van der Waals surface area contributed by atoms with Crippen LogP contribution in [0.25, 0.3) is 10.9 Å². The second-order valence-electron chi connectivity index (χ2n) is 6.57. The van der Waals surface area contributed by atoms with Gasteiger partial charge in [0.25, 0.3) is 0 Å². The third-order valence-corrected chi connectivity index (χ3v) is 5.21. The first-order valence-corrected chi connectivity index (χ1v) is 8.63. The van der Waals surface area contributed by atoms with E-state index in [-0.39, 0.29) is 6.03 Å². The van der Waals surface area contributed by atoms with Crippen molar-refractivity contribution in [1.29, 1.82) is 0 Å². The van der Waals surface area contributed by atoms with Gasteiger partial charge in [-0.1, -0.05) is 18.2 Å². The highest BCUT2D eigenvalue weighted by atomic mass is 16.2. The number of amides is 2. The van der Waals surface area contributed by atoms with Crippen LogP contribution >= 0.6 is 0 Å². The van der Waals surface area contributed by atoms with E-state index >= 15 is 0 Å². The monoisotopic (exact) mass is 312 g/mol. The second kappa shape index (κ2) is 6.24. The smallest absolute Gasteiger partial charge is 0.320 e. The Bertz CT molecular complexity index is 681. The molecule has 2 saturated heterocycles. The van der Waals surface area contributed by atoms with Crippen molar-refractivity contribution < 1.29 is 4.79 Å². The molecule has 2 N–H and O–H groups in total. The molecule has 0 aliphatic carbocycles. The molecule has 5 heteroatoms. The van der Waals surface area contributed by atoms with Gasteiger partial charge in [-0.2, -0.15) is 0 Å². The lowest BCUT2D eigenvalue weighted by Crippen LogP contribution is -2.52. The minimum Gasteiger partial charge on any atom is -0.361 e. The summed E-state index contributed by atoms with van der Waals surface area (Å²) < 4.78 is 0. The molecule has 5 nitrogen and oxygen atoms in total. The van der Waals surface area contributed by atoms with Gasteiger partial charge in [0.1, 0.15) is 0 Å². The zero-order valence-electron chi connectivity index (χ0n) is 13.4. The third-order valence-electron chi connectivity index (χ3n) is 5.21. The van der Waals surface area contributed by atoms with Crippen LogP contribution < -0.4 is 5.32 Å². The van der Waals surface area contributed by atoms with Crippen molar-refractivity contribution in [2.45, 2.75) is 18.8 Å². The fourth-order valence-electron chi connectivity index (χ4n) is 3.87. The number of benzene rings is 1. The molecule has 0 unspecified atom stereocenters. The number of rotatable bonds is 1. The number of urea groups is 1. The number of carbonyl (C=O) groups excluding carboxylic acids is 1. The van der Waals surface area contributed by atoms with Crippen molar-refractivity contribution in [3.05, 3.63) is 36.0 Å². The summed E-state index contributed by atoms with van der Waals surface area (Å²) in [6.45, 7) is 5.23. The van der Waals surface area contributed by atoms with Crippen molar-refractivity contribution in [2.75, 3.05) is 39.3 Å². The first kappa shape index (κ1) is 14.6. The molecule has 2 aliphatic rings. The molecule has 2 aromatic rings. The molecule has 2 fully saturated rings. The van der Waals surface area contributed by atoms with Crippen molar-refractivity contribution in [2.24, 2.45) is 0 Å². The van der Waals surface area contributed by atoms with Crippen molar-refractivity contribution in [3.63, 3.8) is 0 Å². The molecule has 3 heterocycles. The van der Waals surface area contributed by atoms with Crippen LogP contribution in [0, 0.1) is 0 Å². The number of aromatic amines is 1. The SMILES string of the molecule is O=C(N1CCNCC1)N1CCC(c2c[nH]c3ccccc23)CC1. The van der Waals surface area contributed by atoms with E-state index in [1.54, 1.807) is 0 Å². The Kier molecular flexibility index (Phi) is 3.95. The van der Waals surface area contributed by atoms with Crippen LogP contribution in [0.4, 0.5) is 4.79 Å². The zero-order valence-corrected chi connectivity index (χ0v) is 13.4. The predicted octanol–water partition coefficient (Wildman–Crippen LogP) is 2.37. The number of aromatic nitrogens is 1. The Hall–Kier alpha value is -2.01. The molecule has 1 aromatic carbocycles. The van der Waals surface area contributed by atoms with Crippen LogP contribution in [0.1, 0.15) is 24.3 Å². The maximum atomic E-state index is 12.6. The van der Waals surface area contributed by atoms with Gasteiger partial charge in [0.2, 0.25) is 0 Å². The molecule has 0 radical (unpaired) electrons. The summed E-state index contributed by atoms with van der Waals surface area (Å²) in [4.78, 5) is 20.0. The molecule has 23 heavy (non-hydrogen) atoms. The van der Waals surface area contributed by atoms with E-state index in [1.807, 2.05) is 9.80 Å². The molecular weight excluding hydrogens is 288 g/mol. The number of H-pyrrole nitrogens is 1. The van der Waals surface area contributed by atoms with Crippen LogP contribution in [-0.4, -0.2) is 60.1 Å². The third kappa shape index (κ3) is 2.81. The Morgan fingerprint density at radius 3 is 2.48 bits per heavy atom. The zero-order chi connectivity index (χ0) is 15.6. The Balaban J connectivity index is 1.41. The summed E-state index contributed by atoms with van der Waals surface area (Å²) in [5.41, 5.74) is 2.62. The predicted molar refractivity (Wildman–Crippen MR) is 91.7 cm³/mol. The molecule has 4 rings (SSSR count). The number of nitrogens with one attached hydrogen (secondary N) is 2. The van der Waals surface area contributed by atoms with E-state index < -0.39 is 0 Å². The maximum absolute atomic E-state index is 12.6. The minimum atomic E-state index is 0.226. The van der Waals surface area contributed by atoms with Gasteiger partial charge in [0.05, 0.1) is 0 Å². The molecule has 0 atom stereocenters. The summed E-state index contributed by atoms with van der Waals surface area (Å²) >= 11 is 0. The van der Waals surface area contributed by atoms with Gasteiger partial charge in [-0.15, -0.1) is 0 Å². The molecule has 0 bridgehead atoms. The van der Waals surface area contributed by atoms with Crippen LogP contribution in [0.15, 0.2) is 30.5 Å². The number of fused-ring (bicyclic) bond motifs is 1. The summed E-state index contributed by atoms with van der Waals surface area (Å²) in [5, 5.41) is 4.63. The van der Waals surface area contributed by atoms with E-state index in [2.05, 4.69) is 40.8 Å². The lowest BCUT2D eigenvalue weighted by molar-refractivity contribution is 0.134. The average molecular weight is 312 g/mol. The summed E-state index contributed by atoms with van der Waals surface area (Å²) in [5.74, 6) is 0.554. The molecule has 2 aliphatic heterocycles. The van der Waals surface area contributed by atoms with Crippen LogP contribution in [0.3, 0.4) is 0 Å². The number of para-hydroxylation sites is 1. The van der Waals surface area contributed by atoms with Gasteiger partial charge in [-0.05, 0) is 30.4 Å². The number of carbonyl (C=O) groups is 1. The maximum Gasteiger partial charge on any atom is 0.320 e. The van der Waals surface area contributed by atoms with E-state index in [4.69, 9.17) is 0 Å². The first-order chi connectivity index (χ1) is 11.3. The summed E-state index contributed by atoms with van der Waals surface area (Å²) in [6.07, 6.45) is 4.27. The number of piperazine rings is 1. The fraction of sp³-hybridized carbons (Fsp3) is 0.500. The standard InChI is InChI=1S/C18H24N4O/c23-18(22-11-7-19-8-12-22)21-9-5-14(6-10-21)16-13-20-17-4-2-1-3-15(16)17/h1-4,13-14,19-20H,5-12H2. The summed E-state index contributed by atoms with van der Waals surface area (Å²) in [7, 11) is 0. The van der Waals surface area contributed by atoms with E-state index in [0.717, 1.165) is 52.1 Å². The molecule has 122 valence electrons. The van der Waals surface area contributed by atoms with E-state index in [0.29, 0.717) is 5.92 Å². The topological polar surface area (TPSA) is 51.4 Å². The second-order valence-corrected chi connectivity index (χ2v) is 6.57. The normalized spacial score (nSPS) is 20.2. The molecule has 0 spiro atoms. The first-order valence-electron chi connectivity index (χ1n) is 8.63. The quantitative estimate of drug-likeness (QED) is 0.849. The molecular formula is C18H24N4O. The molecule has 0 saturated carbocycles. The van der Waals surface area contributed by atoms with Gasteiger partial charge in [0.15, 0.2) is 0 Å². The van der Waals surface area contributed by atoms with E-state index in [1.165, 1.54) is 16.5 Å². The van der Waals surface area contributed by atoms with Crippen LogP contribution in [0.2, 0.25) is 0 Å². The van der Waals surface area contributed by atoms with Gasteiger partial charge >= 0.3 is 6.03 Å². The number of hydrogen-bond acceptors (Lipinski definition) is 2. The summed E-state index contributed by atoms with van der Waals surface area (Å²) in [6, 6.07) is 8.71. The Labute approximate surface area is 136 Å². The van der Waals surface area contributed by atoms with Gasteiger partial charge in [-0.25, -0.2) is 4.79 Å². The Morgan fingerprint density at radius 2 is 1.70 bits per heavy atom. The highest BCUT2D eigenvalue weighted by Gasteiger charge is 2.28. The number of nitrogens with zero attached hydrogens (tertiary/aromatic N) is 2. The highest BCUT2D eigenvalue weighted by Crippen LogP contribution is 2.33. The van der Waals surface area contributed by atoms with Crippen LogP contribution in [-0.2, 0) is 0 Å². The van der Waals surface area contributed by atoms with Gasteiger partial charge in [0, 0.05) is 56.4 Å². The Morgan fingerprint density at radius 1 is 1.00 bits per heavy atom. The van der Waals surface area contributed by atoms with Crippen molar-refractivity contribution in [1.82, 2.24) is 20.1 Å². The van der Waals surface area contributed by atoms with Crippen molar-refractivity contribution in [3.8, 4) is 0 Å². The lowest BCUT2D eigenvalue weighted by atomic mass is 9.89. The molecule has 1 aromatic heterocycles. The highest BCUT2D eigenvalue weighted by molar-refractivity contribution is 5.83. The van der Waals surface area contributed by atoms with Crippen molar-refractivity contribution >= 4 is 16.9 Å². The minimum absolute atomic E-state index is 0.226. The number of likely N-dealkylation sites (tertiary alicyclic amines) is 1. The van der Waals surface area contributed by atoms with Gasteiger partial charge in [-0.3, -0.25) is 0 Å². The van der Waals surface area contributed by atoms with E-state index in [9.17, 15) is 4.79 Å². The number of piperidine rings is 1.